The van der Waals surface area contributed by atoms with Crippen molar-refractivity contribution < 1.29 is 0 Å². The summed E-state index contributed by atoms with van der Waals surface area (Å²) in [5.74, 6) is 0. The van der Waals surface area contributed by atoms with Crippen LogP contribution >= 0.6 is 0 Å². The van der Waals surface area contributed by atoms with Crippen LogP contribution in [0.5, 0.6) is 0 Å². The molecule has 5 aromatic rings. The third-order valence-corrected chi connectivity index (χ3v) is 5.13. The highest BCUT2D eigenvalue weighted by Crippen LogP contribution is 2.27. The fourth-order valence-corrected chi connectivity index (χ4v) is 3.85. The molecule has 0 aliphatic heterocycles. The van der Waals surface area contributed by atoms with Gasteiger partial charge < -0.3 is 4.98 Å². The summed E-state index contributed by atoms with van der Waals surface area (Å²) in [6, 6.07) is 30.6. The summed E-state index contributed by atoms with van der Waals surface area (Å²) in [6.45, 7) is 0. The summed E-state index contributed by atoms with van der Waals surface area (Å²) in [7, 11) is 0. The molecule has 25 heavy (non-hydrogen) atoms. The van der Waals surface area contributed by atoms with Gasteiger partial charge in [-0.2, -0.15) is 0 Å². The first-order valence-corrected chi connectivity index (χ1v) is 8.84. The molecule has 0 amide bonds. The second-order valence-electron chi connectivity index (χ2n) is 6.69. The number of para-hydroxylation sites is 1. The fourth-order valence-electron chi connectivity index (χ4n) is 3.85. The number of aryl methyl sites for hydroxylation is 2. The number of rotatable bonds is 3. The third-order valence-electron chi connectivity index (χ3n) is 5.13. The van der Waals surface area contributed by atoms with Gasteiger partial charge in [0.1, 0.15) is 0 Å². The highest BCUT2D eigenvalue weighted by atomic mass is 14.7. The topological polar surface area (TPSA) is 15.8 Å². The molecule has 0 aliphatic carbocycles. The molecule has 0 radical (unpaired) electrons. The van der Waals surface area contributed by atoms with Crippen molar-refractivity contribution in [2.24, 2.45) is 0 Å². The van der Waals surface area contributed by atoms with Gasteiger partial charge in [0.15, 0.2) is 0 Å². The Hall–Kier alpha value is -3.06. The zero-order valence-corrected chi connectivity index (χ0v) is 14.0. The molecule has 1 nitrogen and oxygen atoms in total. The second-order valence-corrected chi connectivity index (χ2v) is 6.69. The molecule has 1 heteroatoms. The molecule has 1 N–H and O–H groups in total. The van der Waals surface area contributed by atoms with E-state index < -0.39 is 0 Å². The van der Waals surface area contributed by atoms with Gasteiger partial charge in [-0.15, -0.1) is 0 Å². The van der Waals surface area contributed by atoms with Crippen molar-refractivity contribution >= 4 is 32.6 Å². The van der Waals surface area contributed by atoms with Gasteiger partial charge in [0.25, 0.3) is 0 Å². The molecule has 5 rings (SSSR count). The van der Waals surface area contributed by atoms with Crippen LogP contribution in [0.1, 0.15) is 11.1 Å². The van der Waals surface area contributed by atoms with E-state index in [0.29, 0.717) is 0 Å². The lowest BCUT2D eigenvalue weighted by Gasteiger charge is -2.07. The molecule has 0 bridgehead atoms. The van der Waals surface area contributed by atoms with Gasteiger partial charge in [-0.05, 0) is 46.9 Å². The van der Waals surface area contributed by atoms with Gasteiger partial charge in [-0.1, -0.05) is 72.8 Å². The predicted octanol–water partition coefficient (Wildman–Crippen LogP) is 6.26. The first kappa shape index (κ1) is 14.3. The minimum absolute atomic E-state index is 1.05. The van der Waals surface area contributed by atoms with Crippen molar-refractivity contribution in [3.63, 3.8) is 0 Å². The lowest BCUT2D eigenvalue weighted by molar-refractivity contribution is 0.971. The largest absolute Gasteiger partial charge is 0.355 e. The molecular weight excluding hydrogens is 302 g/mol. The van der Waals surface area contributed by atoms with Crippen molar-refractivity contribution in [1.82, 2.24) is 4.98 Å². The Morgan fingerprint density at radius 2 is 1.32 bits per heavy atom. The van der Waals surface area contributed by atoms with Gasteiger partial charge >= 0.3 is 0 Å². The Balaban J connectivity index is 1.48. The van der Waals surface area contributed by atoms with E-state index in [1.165, 1.54) is 43.7 Å². The van der Waals surface area contributed by atoms with Gasteiger partial charge in [0.05, 0.1) is 0 Å². The number of aromatic amines is 1. The summed E-state index contributed by atoms with van der Waals surface area (Å²) in [5.41, 5.74) is 5.25. The van der Waals surface area contributed by atoms with Gasteiger partial charge in [-0.25, -0.2) is 0 Å². The number of benzene rings is 4. The van der Waals surface area contributed by atoms with Crippen LogP contribution in [0.4, 0.5) is 0 Å². The first-order valence-electron chi connectivity index (χ1n) is 8.84. The van der Waals surface area contributed by atoms with E-state index in [2.05, 4.69) is 89.9 Å². The molecule has 1 heterocycles. The van der Waals surface area contributed by atoms with E-state index in [0.717, 1.165) is 12.8 Å². The van der Waals surface area contributed by atoms with Gasteiger partial charge in [-0.3, -0.25) is 0 Å². The maximum Gasteiger partial charge on any atom is 0.0467 e. The van der Waals surface area contributed by atoms with Crippen molar-refractivity contribution in [3.05, 3.63) is 96.1 Å². The van der Waals surface area contributed by atoms with Gasteiger partial charge in [0, 0.05) is 21.8 Å². The van der Waals surface area contributed by atoms with Crippen LogP contribution in [0.2, 0.25) is 0 Å². The Labute approximate surface area is 146 Å². The molecule has 120 valence electrons. The SMILES string of the molecule is c1ccc2c(CCc3ccc4c(c3)[nH]c3ccccc34)cccc2c1. The van der Waals surface area contributed by atoms with Gasteiger partial charge in [0.2, 0.25) is 0 Å². The zero-order valence-electron chi connectivity index (χ0n) is 14.0. The molecule has 1 aromatic heterocycles. The monoisotopic (exact) mass is 321 g/mol. The molecule has 0 aliphatic rings. The number of nitrogens with one attached hydrogen (secondary N) is 1. The Bertz CT molecular complexity index is 1190. The summed E-state index contributed by atoms with van der Waals surface area (Å²) >= 11 is 0. The lowest BCUT2D eigenvalue weighted by Crippen LogP contribution is -1.92. The summed E-state index contributed by atoms with van der Waals surface area (Å²) < 4.78 is 0. The number of hydrogen-bond donors (Lipinski definition) is 1. The maximum atomic E-state index is 3.55. The molecule has 0 saturated carbocycles. The van der Waals surface area contributed by atoms with Crippen LogP contribution in [0.15, 0.2) is 84.9 Å². The van der Waals surface area contributed by atoms with Crippen molar-refractivity contribution in [2.45, 2.75) is 12.8 Å². The zero-order chi connectivity index (χ0) is 16.6. The third kappa shape index (κ3) is 2.49. The summed E-state index contributed by atoms with van der Waals surface area (Å²) in [6.07, 6.45) is 2.12. The normalized spacial score (nSPS) is 11.5. The quantitative estimate of drug-likeness (QED) is 0.404. The number of H-pyrrole nitrogens is 1. The van der Waals surface area contributed by atoms with Crippen molar-refractivity contribution in [2.75, 3.05) is 0 Å². The number of fused-ring (bicyclic) bond motifs is 4. The highest BCUT2D eigenvalue weighted by molar-refractivity contribution is 6.07. The highest BCUT2D eigenvalue weighted by Gasteiger charge is 2.05. The van der Waals surface area contributed by atoms with Crippen LogP contribution in [0, 0.1) is 0 Å². The van der Waals surface area contributed by atoms with E-state index in [9.17, 15) is 0 Å². The van der Waals surface area contributed by atoms with E-state index >= 15 is 0 Å². The molecule has 0 unspecified atom stereocenters. The van der Waals surface area contributed by atoms with E-state index in [-0.39, 0.29) is 0 Å². The van der Waals surface area contributed by atoms with E-state index in [1.54, 1.807) is 0 Å². The van der Waals surface area contributed by atoms with Crippen molar-refractivity contribution in [3.8, 4) is 0 Å². The fraction of sp³-hybridized carbons (Fsp3) is 0.0833. The van der Waals surface area contributed by atoms with Crippen LogP contribution in [-0.4, -0.2) is 4.98 Å². The van der Waals surface area contributed by atoms with E-state index in [1.807, 2.05) is 0 Å². The average Bonchev–Trinajstić information content (AvgIpc) is 3.04. The molecule has 0 fully saturated rings. The first-order chi connectivity index (χ1) is 12.4. The molecule has 0 saturated heterocycles. The molecule has 4 aromatic carbocycles. The van der Waals surface area contributed by atoms with Crippen molar-refractivity contribution in [1.29, 1.82) is 0 Å². The molecule has 0 spiro atoms. The predicted molar refractivity (Wildman–Crippen MR) is 107 cm³/mol. The standard InChI is InChI=1S/C24H19N/c1-2-9-20-18(6-1)7-5-8-19(20)14-12-17-13-15-22-21-10-3-4-11-23(21)25-24(22)16-17/h1-11,13,15-16,25H,12,14H2. The van der Waals surface area contributed by atoms with Crippen LogP contribution in [0.25, 0.3) is 32.6 Å². The minimum atomic E-state index is 1.05. The summed E-state index contributed by atoms with van der Waals surface area (Å²) in [4.78, 5) is 3.55. The Kier molecular flexibility index (Phi) is 3.31. The number of aromatic nitrogens is 1. The summed E-state index contributed by atoms with van der Waals surface area (Å²) in [5, 5.41) is 5.31. The smallest absolute Gasteiger partial charge is 0.0467 e. The second kappa shape index (κ2) is 5.78. The minimum Gasteiger partial charge on any atom is -0.355 e. The Morgan fingerprint density at radius 1 is 0.560 bits per heavy atom. The van der Waals surface area contributed by atoms with E-state index in [4.69, 9.17) is 0 Å². The van der Waals surface area contributed by atoms with Crippen LogP contribution in [-0.2, 0) is 12.8 Å². The Morgan fingerprint density at radius 3 is 2.28 bits per heavy atom. The number of hydrogen-bond acceptors (Lipinski definition) is 0. The lowest BCUT2D eigenvalue weighted by atomic mass is 9.98. The average molecular weight is 321 g/mol. The maximum absolute atomic E-state index is 3.55. The molecule has 0 atom stereocenters. The van der Waals surface area contributed by atoms with Crippen LogP contribution in [0.3, 0.4) is 0 Å². The molecular formula is C24H19N. The van der Waals surface area contributed by atoms with Crippen LogP contribution < -0.4 is 0 Å².